The summed E-state index contributed by atoms with van der Waals surface area (Å²) in [6, 6.07) is 0. The van der Waals surface area contributed by atoms with Crippen LogP contribution in [0.5, 0.6) is 0 Å². The van der Waals surface area contributed by atoms with Gasteiger partial charge in [-0.25, -0.2) is 18.9 Å². The van der Waals surface area contributed by atoms with E-state index in [1.165, 1.54) is 10.8 Å². The van der Waals surface area contributed by atoms with E-state index in [1.54, 1.807) is 22.5 Å². The molecule has 1 atom stereocenters. The Morgan fingerprint density at radius 3 is 2.50 bits per heavy atom. The topological polar surface area (TPSA) is 93.3 Å². The third-order valence-electron chi connectivity index (χ3n) is 3.68. The average Bonchev–Trinajstić information content (AvgIpc) is 3.35. The Morgan fingerprint density at radius 2 is 2.09 bits per heavy atom. The molecule has 2 aliphatic rings. The van der Waals surface area contributed by atoms with Gasteiger partial charge >= 0.3 is 13.5 Å². The molecule has 1 unspecified atom stereocenters. The van der Waals surface area contributed by atoms with Crippen LogP contribution in [0.4, 0.5) is 5.82 Å². The van der Waals surface area contributed by atoms with Crippen molar-refractivity contribution in [1.29, 1.82) is 0 Å². The van der Waals surface area contributed by atoms with Crippen LogP contribution in [0.25, 0.3) is 0 Å². The first-order chi connectivity index (χ1) is 10.5. The molecule has 1 aromatic rings. The minimum atomic E-state index is -3.03. The summed E-state index contributed by atoms with van der Waals surface area (Å²) in [7, 11) is -1.48. The third-order valence-corrected chi connectivity index (χ3v) is 6.44. The highest BCUT2D eigenvalue weighted by atomic mass is 31.2. The van der Waals surface area contributed by atoms with Gasteiger partial charge < -0.3 is 10.1 Å². The van der Waals surface area contributed by atoms with E-state index in [9.17, 15) is 14.7 Å². The number of hydrogen-bond donors (Lipinski definition) is 0. The normalized spacial score (nSPS) is 19.9. The lowest BCUT2D eigenvalue weighted by Gasteiger charge is -2.24. The Balaban J connectivity index is 1.88. The molecule has 9 nitrogen and oxygen atoms in total. The van der Waals surface area contributed by atoms with E-state index in [0.29, 0.717) is 12.2 Å². The lowest BCUT2D eigenvalue weighted by atomic mass is 10.2. The van der Waals surface area contributed by atoms with Crippen LogP contribution in [0.1, 0.15) is 18.3 Å². The van der Waals surface area contributed by atoms with Gasteiger partial charge in [-0.3, -0.25) is 9.09 Å². The number of rotatable bonds is 8. The van der Waals surface area contributed by atoms with Gasteiger partial charge in [-0.1, -0.05) is 6.08 Å². The number of nitro groups is 1. The van der Waals surface area contributed by atoms with Gasteiger partial charge in [0.1, 0.15) is 6.20 Å². The van der Waals surface area contributed by atoms with Crippen molar-refractivity contribution in [3.63, 3.8) is 0 Å². The van der Waals surface area contributed by atoms with Crippen LogP contribution in [-0.2, 0) is 16.1 Å². The number of nitrogens with zero attached hydrogens (tertiary/aromatic N) is 5. The van der Waals surface area contributed by atoms with Crippen LogP contribution < -0.4 is 0 Å². The molecule has 0 aromatic carbocycles. The van der Waals surface area contributed by atoms with E-state index >= 15 is 0 Å². The zero-order chi connectivity index (χ0) is 15.9. The molecule has 0 radical (unpaired) electrons. The Labute approximate surface area is 127 Å². The van der Waals surface area contributed by atoms with Crippen LogP contribution in [0.15, 0.2) is 18.9 Å². The van der Waals surface area contributed by atoms with Crippen molar-refractivity contribution >= 4 is 13.5 Å². The summed E-state index contributed by atoms with van der Waals surface area (Å²) in [5.74, 6) is 0.261. The van der Waals surface area contributed by atoms with E-state index in [-0.39, 0.29) is 5.82 Å². The van der Waals surface area contributed by atoms with Crippen molar-refractivity contribution in [3.05, 3.63) is 34.8 Å². The molecule has 0 aliphatic carbocycles. The molecule has 0 bridgehead atoms. The number of aromatic nitrogens is 2. The van der Waals surface area contributed by atoms with Gasteiger partial charge in [0.05, 0.1) is 7.05 Å². The molecule has 0 saturated carbocycles. The van der Waals surface area contributed by atoms with Gasteiger partial charge in [-0.05, 0) is 4.92 Å². The Kier molecular flexibility index (Phi) is 3.90. The Morgan fingerprint density at radius 1 is 1.50 bits per heavy atom. The fraction of sp³-hybridized carbons (Fsp3) is 0.583. The second-order valence-electron chi connectivity index (χ2n) is 5.31. The molecule has 10 heteroatoms. The molecule has 0 amide bonds. The lowest BCUT2D eigenvalue weighted by Crippen LogP contribution is -2.15. The van der Waals surface area contributed by atoms with E-state index in [1.807, 2.05) is 0 Å². The molecule has 22 heavy (non-hydrogen) atoms. The zero-order valence-corrected chi connectivity index (χ0v) is 13.2. The Hall–Kier alpha value is -1.54. The summed E-state index contributed by atoms with van der Waals surface area (Å²) >= 11 is 0. The van der Waals surface area contributed by atoms with E-state index in [2.05, 4.69) is 11.6 Å². The first kappa shape index (κ1) is 15.4. The highest BCUT2D eigenvalue weighted by molar-refractivity contribution is 7.54. The van der Waals surface area contributed by atoms with Crippen molar-refractivity contribution in [2.45, 2.75) is 12.5 Å². The first-order valence-electron chi connectivity index (χ1n) is 7.03. The molecular weight excluding hydrogens is 309 g/mol. The predicted molar refractivity (Wildman–Crippen MR) is 79.3 cm³/mol. The molecule has 2 aliphatic heterocycles. The third kappa shape index (κ3) is 2.72. The molecule has 120 valence electrons. The maximum absolute atomic E-state index is 13.1. The van der Waals surface area contributed by atoms with Crippen molar-refractivity contribution in [2.24, 2.45) is 7.05 Å². The SMILES string of the molecule is C=CCC(OP(=O)(N1CC1)N1CC1)c1ncc([N+](=O)[O-])n1C. The van der Waals surface area contributed by atoms with Crippen molar-refractivity contribution < 1.29 is 14.0 Å². The smallest absolute Gasteiger partial charge is 0.347 e. The first-order valence-corrected chi connectivity index (χ1v) is 8.56. The maximum Gasteiger partial charge on any atom is 0.347 e. The van der Waals surface area contributed by atoms with Crippen molar-refractivity contribution in [3.8, 4) is 0 Å². The molecule has 0 spiro atoms. The van der Waals surface area contributed by atoms with Gasteiger partial charge in [-0.15, -0.1) is 6.58 Å². The predicted octanol–water partition coefficient (Wildman–Crippen LogP) is 1.70. The quantitative estimate of drug-likeness (QED) is 0.236. The molecule has 3 heterocycles. The fourth-order valence-corrected chi connectivity index (χ4v) is 4.63. The average molecular weight is 327 g/mol. The summed E-state index contributed by atoms with van der Waals surface area (Å²) in [5.41, 5.74) is 0. The minimum Gasteiger partial charge on any atom is -0.358 e. The molecule has 3 rings (SSSR count). The zero-order valence-electron chi connectivity index (χ0n) is 12.3. The monoisotopic (exact) mass is 327 g/mol. The highest BCUT2D eigenvalue weighted by Crippen LogP contribution is 2.63. The largest absolute Gasteiger partial charge is 0.358 e. The van der Waals surface area contributed by atoms with Gasteiger partial charge in [0.2, 0.25) is 5.82 Å². The summed E-state index contributed by atoms with van der Waals surface area (Å²) in [6.45, 7) is 6.66. The lowest BCUT2D eigenvalue weighted by molar-refractivity contribution is -0.391. The van der Waals surface area contributed by atoms with E-state index in [4.69, 9.17) is 4.52 Å². The summed E-state index contributed by atoms with van der Waals surface area (Å²) in [5, 5.41) is 10.9. The minimum absolute atomic E-state index is 0.124. The molecule has 2 saturated heterocycles. The highest BCUT2D eigenvalue weighted by Gasteiger charge is 2.51. The van der Waals surface area contributed by atoms with Crippen LogP contribution in [-0.4, -0.2) is 50.0 Å². The number of hydrogen-bond acceptors (Lipinski definition) is 5. The summed E-state index contributed by atoms with van der Waals surface area (Å²) < 4.78 is 24.0. The van der Waals surface area contributed by atoms with Crippen LogP contribution in [0.3, 0.4) is 0 Å². The van der Waals surface area contributed by atoms with Crippen LogP contribution in [0, 0.1) is 10.1 Å². The molecule has 1 aromatic heterocycles. The van der Waals surface area contributed by atoms with Crippen LogP contribution >= 0.6 is 7.67 Å². The molecular formula is C12H18N5O4P. The van der Waals surface area contributed by atoms with Gasteiger partial charge in [-0.2, -0.15) is 0 Å². The van der Waals surface area contributed by atoms with Crippen LogP contribution in [0.2, 0.25) is 0 Å². The van der Waals surface area contributed by atoms with Crippen molar-refractivity contribution in [2.75, 3.05) is 26.2 Å². The summed E-state index contributed by atoms with van der Waals surface area (Å²) in [6.07, 6.45) is 2.59. The van der Waals surface area contributed by atoms with E-state index in [0.717, 1.165) is 26.2 Å². The van der Waals surface area contributed by atoms with Crippen molar-refractivity contribution in [1.82, 2.24) is 18.9 Å². The van der Waals surface area contributed by atoms with Gasteiger partial charge in [0, 0.05) is 32.6 Å². The van der Waals surface area contributed by atoms with E-state index < -0.39 is 18.7 Å². The Bertz CT molecular complexity index is 636. The molecule has 0 N–H and O–H groups in total. The fourth-order valence-electron chi connectivity index (χ4n) is 2.30. The second kappa shape index (κ2) is 5.58. The summed E-state index contributed by atoms with van der Waals surface area (Å²) in [4.78, 5) is 14.5. The maximum atomic E-state index is 13.1. The number of imidazole rings is 1. The van der Waals surface area contributed by atoms with Gasteiger partial charge in [0.25, 0.3) is 0 Å². The standard InChI is InChI=1S/C12H18N5O4P/c1-3-4-10(12-13-9-11(14(12)2)17(18)19)21-22(20,15-5-6-15)16-7-8-16/h3,9-10H,1,4-8H2,2H3. The second-order valence-corrected chi connectivity index (χ2v) is 7.63. The molecule has 2 fully saturated rings. The van der Waals surface area contributed by atoms with Gasteiger partial charge in [0.15, 0.2) is 6.10 Å².